The van der Waals surface area contributed by atoms with Crippen molar-refractivity contribution in [2.24, 2.45) is 0 Å². The number of nitrogens with one attached hydrogen (secondary N) is 1. The number of aromatic nitrogens is 1. The van der Waals surface area contributed by atoms with Gasteiger partial charge in [0.2, 0.25) is 6.41 Å². The van der Waals surface area contributed by atoms with E-state index in [2.05, 4.69) is 29.4 Å². The fraction of sp³-hybridized carbons (Fsp3) is 0.333. The standard InChI is InChI=1S/C18H20N2O/c1-2-4-16-17(20-12-21)9-8-15(18(16)13-6-7-13)14-5-3-10-19-11-14/h3,5,8-13H,2,4,6-7H2,1H3,(H,20,21). The van der Waals surface area contributed by atoms with Gasteiger partial charge in [0.25, 0.3) is 0 Å². The molecule has 1 aliphatic rings. The van der Waals surface area contributed by atoms with E-state index in [1.54, 1.807) is 6.20 Å². The Balaban J connectivity index is 2.16. The van der Waals surface area contributed by atoms with E-state index in [-0.39, 0.29) is 0 Å². The molecule has 0 unspecified atom stereocenters. The number of hydrogen-bond donors (Lipinski definition) is 1. The smallest absolute Gasteiger partial charge is 0.211 e. The number of nitrogens with zero attached hydrogens (tertiary/aromatic N) is 1. The van der Waals surface area contributed by atoms with Gasteiger partial charge in [0.1, 0.15) is 0 Å². The van der Waals surface area contributed by atoms with E-state index < -0.39 is 0 Å². The zero-order chi connectivity index (χ0) is 14.7. The van der Waals surface area contributed by atoms with E-state index in [1.807, 2.05) is 18.3 Å². The first-order valence-electron chi connectivity index (χ1n) is 7.61. The molecule has 0 radical (unpaired) electrons. The first-order valence-corrected chi connectivity index (χ1v) is 7.61. The fourth-order valence-electron chi connectivity index (χ4n) is 2.99. The quantitative estimate of drug-likeness (QED) is 0.808. The lowest BCUT2D eigenvalue weighted by atomic mass is 9.89. The van der Waals surface area contributed by atoms with Crippen LogP contribution >= 0.6 is 0 Å². The summed E-state index contributed by atoms with van der Waals surface area (Å²) in [5.41, 5.74) is 6.10. The van der Waals surface area contributed by atoms with Crippen LogP contribution in [0, 0.1) is 0 Å². The van der Waals surface area contributed by atoms with Crippen molar-refractivity contribution in [3.05, 3.63) is 47.8 Å². The minimum Gasteiger partial charge on any atom is -0.328 e. The second-order valence-corrected chi connectivity index (χ2v) is 5.58. The maximum atomic E-state index is 10.9. The maximum Gasteiger partial charge on any atom is 0.211 e. The van der Waals surface area contributed by atoms with Crippen molar-refractivity contribution in [2.45, 2.75) is 38.5 Å². The lowest BCUT2D eigenvalue weighted by Gasteiger charge is -2.18. The van der Waals surface area contributed by atoms with E-state index in [0.29, 0.717) is 5.92 Å². The van der Waals surface area contributed by atoms with Crippen LogP contribution in [0.1, 0.15) is 43.2 Å². The van der Waals surface area contributed by atoms with Crippen LogP contribution in [0.5, 0.6) is 0 Å². The molecule has 0 bridgehead atoms. The van der Waals surface area contributed by atoms with E-state index in [4.69, 9.17) is 0 Å². The third-order valence-electron chi connectivity index (χ3n) is 4.03. The molecule has 2 aromatic rings. The molecule has 1 N–H and O–H groups in total. The highest BCUT2D eigenvalue weighted by Gasteiger charge is 2.30. The summed E-state index contributed by atoms with van der Waals surface area (Å²) in [7, 11) is 0. The number of amides is 1. The van der Waals surface area contributed by atoms with Crippen molar-refractivity contribution in [2.75, 3.05) is 5.32 Å². The molecule has 1 aromatic carbocycles. The zero-order valence-electron chi connectivity index (χ0n) is 12.3. The summed E-state index contributed by atoms with van der Waals surface area (Å²) in [6, 6.07) is 8.23. The monoisotopic (exact) mass is 280 g/mol. The highest BCUT2D eigenvalue weighted by atomic mass is 16.1. The van der Waals surface area contributed by atoms with Gasteiger partial charge >= 0.3 is 0 Å². The van der Waals surface area contributed by atoms with Crippen molar-refractivity contribution in [3.8, 4) is 11.1 Å². The molecule has 3 nitrogen and oxygen atoms in total. The summed E-state index contributed by atoms with van der Waals surface area (Å²) in [6.07, 6.45) is 9.05. The van der Waals surface area contributed by atoms with Crippen molar-refractivity contribution >= 4 is 12.1 Å². The van der Waals surface area contributed by atoms with Crippen LogP contribution < -0.4 is 5.32 Å². The first-order chi connectivity index (χ1) is 10.3. The van der Waals surface area contributed by atoms with Crippen LogP contribution in [0.2, 0.25) is 0 Å². The average Bonchev–Trinajstić information content (AvgIpc) is 3.34. The summed E-state index contributed by atoms with van der Waals surface area (Å²) in [6.45, 7) is 2.18. The van der Waals surface area contributed by atoms with E-state index in [9.17, 15) is 4.79 Å². The van der Waals surface area contributed by atoms with Gasteiger partial charge in [0.15, 0.2) is 0 Å². The average molecular weight is 280 g/mol. The van der Waals surface area contributed by atoms with E-state index >= 15 is 0 Å². The molecular weight excluding hydrogens is 260 g/mol. The molecule has 1 amide bonds. The van der Waals surface area contributed by atoms with Gasteiger partial charge in [0, 0.05) is 23.6 Å². The summed E-state index contributed by atoms with van der Waals surface area (Å²) in [4.78, 5) is 15.1. The second kappa shape index (κ2) is 6.08. The second-order valence-electron chi connectivity index (χ2n) is 5.58. The molecular formula is C18H20N2O. The third-order valence-corrected chi connectivity index (χ3v) is 4.03. The number of carbonyl (C=O) groups is 1. The first kappa shape index (κ1) is 13.8. The molecule has 108 valence electrons. The van der Waals surface area contributed by atoms with Crippen LogP contribution in [-0.4, -0.2) is 11.4 Å². The maximum absolute atomic E-state index is 10.9. The Morgan fingerprint density at radius 3 is 2.81 bits per heavy atom. The van der Waals surface area contributed by atoms with E-state index in [1.165, 1.54) is 29.5 Å². The minimum absolute atomic E-state index is 0.634. The molecule has 3 rings (SSSR count). The minimum atomic E-state index is 0.634. The molecule has 1 fully saturated rings. The fourth-order valence-corrected chi connectivity index (χ4v) is 2.99. The van der Waals surface area contributed by atoms with E-state index in [0.717, 1.165) is 30.5 Å². The number of benzene rings is 1. The molecule has 0 atom stereocenters. The van der Waals surface area contributed by atoms with Gasteiger partial charge in [-0.3, -0.25) is 9.78 Å². The van der Waals surface area contributed by atoms with Crippen molar-refractivity contribution in [1.29, 1.82) is 0 Å². The lowest BCUT2D eigenvalue weighted by molar-refractivity contribution is -0.105. The summed E-state index contributed by atoms with van der Waals surface area (Å²) >= 11 is 0. The van der Waals surface area contributed by atoms with Gasteiger partial charge in [-0.2, -0.15) is 0 Å². The highest BCUT2D eigenvalue weighted by molar-refractivity contribution is 5.80. The molecule has 21 heavy (non-hydrogen) atoms. The Kier molecular flexibility index (Phi) is 4.00. The lowest BCUT2D eigenvalue weighted by Crippen LogP contribution is -2.04. The third kappa shape index (κ3) is 2.82. The van der Waals surface area contributed by atoms with Crippen LogP contribution in [0.15, 0.2) is 36.7 Å². The normalized spacial score (nSPS) is 14.0. The number of pyridine rings is 1. The highest BCUT2D eigenvalue weighted by Crippen LogP contribution is 2.48. The molecule has 0 aliphatic heterocycles. The summed E-state index contributed by atoms with van der Waals surface area (Å²) in [5.74, 6) is 0.634. The zero-order valence-corrected chi connectivity index (χ0v) is 12.3. The largest absolute Gasteiger partial charge is 0.328 e. The number of rotatable bonds is 6. The predicted molar refractivity (Wildman–Crippen MR) is 85.3 cm³/mol. The Bertz CT molecular complexity index is 633. The summed E-state index contributed by atoms with van der Waals surface area (Å²) < 4.78 is 0. The molecule has 1 heterocycles. The SMILES string of the molecule is CCCc1c(NC=O)ccc(-c2cccnc2)c1C1CC1. The number of carbonyl (C=O) groups excluding carboxylic acids is 1. The van der Waals surface area contributed by atoms with Crippen molar-refractivity contribution in [3.63, 3.8) is 0 Å². The molecule has 0 saturated heterocycles. The Morgan fingerprint density at radius 2 is 2.19 bits per heavy atom. The van der Waals surface area contributed by atoms with Crippen LogP contribution in [0.3, 0.4) is 0 Å². The van der Waals surface area contributed by atoms with Crippen LogP contribution in [0.4, 0.5) is 5.69 Å². The van der Waals surface area contributed by atoms with Gasteiger partial charge in [0.05, 0.1) is 0 Å². The Labute approximate surface area is 125 Å². The van der Waals surface area contributed by atoms with Gasteiger partial charge in [-0.05, 0) is 54.0 Å². The van der Waals surface area contributed by atoms with Crippen molar-refractivity contribution in [1.82, 2.24) is 4.98 Å². The number of hydrogen-bond acceptors (Lipinski definition) is 2. The summed E-state index contributed by atoms with van der Waals surface area (Å²) in [5, 5.41) is 2.87. The van der Waals surface area contributed by atoms with Gasteiger partial charge < -0.3 is 5.32 Å². The topological polar surface area (TPSA) is 42.0 Å². The molecule has 3 heteroatoms. The molecule has 1 saturated carbocycles. The van der Waals surface area contributed by atoms with Gasteiger partial charge in [-0.1, -0.05) is 25.5 Å². The van der Waals surface area contributed by atoms with Gasteiger partial charge in [-0.25, -0.2) is 0 Å². The predicted octanol–water partition coefficient (Wildman–Crippen LogP) is 4.15. The van der Waals surface area contributed by atoms with Gasteiger partial charge in [-0.15, -0.1) is 0 Å². The Morgan fingerprint density at radius 1 is 1.33 bits per heavy atom. The van der Waals surface area contributed by atoms with Crippen LogP contribution in [-0.2, 0) is 11.2 Å². The molecule has 1 aliphatic carbocycles. The number of anilines is 1. The van der Waals surface area contributed by atoms with Crippen molar-refractivity contribution < 1.29 is 4.79 Å². The molecule has 1 aromatic heterocycles. The van der Waals surface area contributed by atoms with Crippen LogP contribution in [0.25, 0.3) is 11.1 Å². The molecule has 0 spiro atoms. The Hall–Kier alpha value is -2.16.